The number of carbonyl (C=O) groups is 1. The van der Waals surface area contributed by atoms with Crippen LogP contribution in [0.2, 0.25) is 0 Å². The van der Waals surface area contributed by atoms with E-state index in [0.717, 1.165) is 16.8 Å². The zero-order chi connectivity index (χ0) is 15.6. The van der Waals surface area contributed by atoms with Crippen LogP contribution in [-0.4, -0.2) is 19.1 Å². The molecule has 0 spiro atoms. The van der Waals surface area contributed by atoms with E-state index < -0.39 is 0 Å². The van der Waals surface area contributed by atoms with Crippen molar-refractivity contribution in [3.05, 3.63) is 65.7 Å². The van der Waals surface area contributed by atoms with Crippen LogP contribution in [0.25, 0.3) is 0 Å². The summed E-state index contributed by atoms with van der Waals surface area (Å²) in [5.74, 6) is -0.0323. The van der Waals surface area contributed by atoms with Crippen LogP contribution in [0.3, 0.4) is 0 Å². The molecule has 1 amide bonds. The van der Waals surface area contributed by atoms with E-state index in [0.29, 0.717) is 19.8 Å². The van der Waals surface area contributed by atoms with Gasteiger partial charge >= 0.3 is 0 Å². The first-order valence-corrected chi connectivity index (χ1v) is 7.49. The predicted octanol–water partition coefficient (Wildman–Crippen LogP) is 3.37. The zero-order valence-electron chi connectivity index (χ0n) is 13.2. The molecule has 0 aliphatic rings. The van der Waals surface area contributed by atoms with Gasteiger partial charge in [-0.2, -0.15) is 0 Å². The highest BCUT2D eigenvalue weighted by Crippen LogP contribution is 2.10. The highest BCUT2D eigenvalue weighted by atomic mass is 35.5. The molecule has 0 aliphatic carbocycles. The number of hydrogen-bond donors (Lipinski definition) is 2. The second kappa shape index (κ2) is 10.6. The van der Waals surface area contributed by atoms with Crippen molar-refractivity contribution in [2.75, 3.05) is 18.5 Å². The first kappa shape index (κ1) is 19.0. The van der Waals surface area contributed by atoms with Crippen molar-refractivity contribution in [2.24, 2.45) is 0 Å². The smallest absolute Gasteiger partial charge is 0.239 e. The molecule has 23 heavy (non-hydrogen) atoms. The summed E-state index contributed by atoms with van der Waals surface area (Å²) in [6, 6.07) is 17.7. The lowest BCUT2D eigenvalue weighted by Gasteiger charge is -2.11. The van der Waals surface area contributed by atoms with Crippen LogP contribution in [0.1, 0.15) is 18.1 Å². The van der Waals surface area contributed by atoms with Crippen LogP contribution in [0, 0.1) is 0 Å². The quantitative estimate of drug-likeness (QED) is 0.778. The van der Waals surface area contributed by atoms with Gasteiger partial charge in [-0.15, -0.1) is 12.4 Å². The summed E-state index contributed by atoms with van der Waals surface area (Å²) in [4.78, 5) is 11.9. The SMILES string of the molecule is CCOCc1ccccc1CNC(=O)CNc1ccccc1.Cl. The third kappa shape index (κ3) is 6.72. The van der Waals surface area contributed by atoms with Crippen LogP contribution in [0.15, 0.2) is 54.6 Å². The van der Waals surface area contributed by atoms with Gasteiger partial charge in [-0.1, -0.05) is 42.5 Å². The number of carbonyl (C=O) groups excluding carboxylic acids is 1. The molecule has 0 atom stereocenters. The average molecular weight is 335 g/mol. The van der Waals surface area contributed by atoms with Crippen LogP contribution in [0.4, 0.5) is 5.69 Å². The van der Waals surface area contributed by atoms with Crippen molar-refractivity contribution >= 4 is 24.0 Å². The molecule has 0 saturated carbocycles. The molecule has 0 aromatic heterocycles. The van der Waals surface area contributed by atoms with Gasteiger partial charge in [0.1, 0.15) is 0 Å². The number of rotatable bonds is 8. The summed E-state index contributed by atoms with van der Waals surface area (Å²) < 4.78 is 5.45. The first-order valence-electron chi connectivity index (χ1n) is 7.49. The second-order valence-corrected chi connectivity index (χ2v) is 4.90. The summed E-state index contributed by atoms with van der Waals surface area (Å²) in [7, 11) is 0. The highest BCUT2D eigenvalue weighted by Gasteiger charge is 2.05. The molecular formula is C18H23ClN2O2. The van der Waals surface area contributed by atoms with Gasteiger partial charge in [-0.25, -0.2) is 0 Å². The van der Waals surface area contributed by atoms with Crippen molar-refractivity contribution < 1.29 is 9.53 Å². The number of hydrogen-bond acceptors (Lipinski definition) is 3. The summed E-state index contributed by atoms with van der Waals surface area (Å²) in [5.41, 5.74) is 3.14. The predicted molar refractivity (Wildman–Crippen MR) is 95.8 cm³/mol. The second-order valence-electron chi connectivity index (χ2n) is 4.90. The third-order valence-corrected chi connectivity index (χ3v) is 3.28. The number of halogens is 1. The average Bonchev–Trinajstić information content (AvgIpc) is 2.58. The van der Waals surface area contributed by atoms with Gasteiger partial charge in [-0.3, -0.25) is 4.79 Å². The minimum absolute atomic E-state index is 0. The van der Waals surface area contributed by atoms with Gasteiger partial charge in [0.05, 0.1) is 13.2 Å². The summed E-state index contributed by atoms with van der Waals surface area (Å²) in [5, 5.41) is 6.02. The maximum Gasteiger partial charge on any atom is 0.239 e. The van der Waals surface area contributed by atoms with Crippen molar-refractivity contribution in [1.29, 1.82) is 0 Å². The number of ether oxygens (including phenoxy) is 1. The maximum absolute atomic E-state index is 11.9. The molecule has 2 N–H and O–H groups in total. The molecule has 4 nitrogen and oxygen atoms in total. The maximum atomic E-state index is 11.9. The third-order valence-electron chi connectivity index (χ3n) is 3.28. The fourth-order valence-corrected chi connectivity index (χ4v) is 2.08. The Labute approximate surface area is 143 Å². The summed E-state index contributed by atoms with van der Waals surface area (Å²) in [6.07, 6.45) is 0. The summed E-state index contributed by atoms with van der Waals surface area (Å²) in [6.45, 7) is 4.00. The zero-order valence-corrected chi connectivity index (χ0v) is 14.1. The first-order chi connectivity index (χ1) is 10.8. The van der Waals surface area contributed by atoms with Gasteiger partial charge in [0.15, 0.2) is 0 Å². The molecular weight excluding hydrogens is 312 g/mol. The Kier molecular flexibility index (Phi) is 8.80. The van der Waals surface area contributed by atoms with Crippen LogP contribution < -0.4 is 10.6 Å². The number of anilines is 1. The Balaban J connectivity index is 0.00000264. The Morgan fingerprint density at radius 3 is 2.35 bits per heavy atom. The Morgan fingerprint density at radius 2 is 1.65 bits per heavy atom. The molecule has 2 aromatic rings. The molecule has 0 bridgehead atoms. The van der Waals surface area contributed by atoms with Gasteiger partial charge in [0.25, 0.3) is 0 Å². The Bertz CT molecular complexity index is 591. The normalized spacial score (nSPS) is 9.78. The molecule has 2 aromatic carbocycles. The molecule has 0 fully saturated rings. The van der Waals surface area contributed by atoms with E-state index in [1.807, 2.05) is 61.5 Å². The molecule has 0 unspecified atom stereocenters. The van der Waals surface area contributed by atoms with E-state index in [-0.39, 0.29) is 24.9 Å². The van der Waals surface area contributed by atoms with Gasteiger partial charge < -0.3 is 15.4 Å². The molecule has 0 heterocycles. The van der Waals surface area contributed by atoms with Gasteiger partial charge in [-0.05, 0) is 30.2 Å². The highest BCUT2D eigenvalue weighted by molar-refractivity contribution is 5.85. The standard InChI is InChI=1S/C18H22N2O2.ClH/c1-2-22-14-16-9-7-6-8-15(16)12-20-18(21)13-19-17-10-4-3-5-11-17;/h3-11,19H,2,12-14H2,1H3,(H,20,21);1H. The van der Waals surface area contributed by atoms with Gasteiger partial charge in [0, 0.05) is 18.8 Å². The fraction of sp³-hybridized carbons (Fsp3) is 0.278. The fourth-order valence-electron chi connectivity index (χ4n) is 2.08. The van der Waals surface area contributed by atoms with Crippen LogP contribution in [0.5, 0.6) is 0 Å². The number of para-hydroxylation sites is 1. The molecule has 5 heteroatoms. The van der Waals surface area contributed by atoms with Crippen molar-refractivity contribution in [2.45, 2.75) is 20.1 Å². The van der Waals surface area contributed by atoms with E-state index in [4.69, 9.17) is 4.74 Å². The minimum atomic E-state index is -0.0323. The van der Waals surface area contributed by atoms with E-state index in [1.165, 1.54) is 0 Å². The largest absolute Gasteiger partial charge is 0.377 e. The molecule has 2 rings (SSSR count). The van der Waals surface area contributed by atoms with Crippen molar-refractivity contribution in [3.63, 3.8) is 0 Å². The van der Waals surface area contributed by atoms with Crippen LogP contribution in [-0.2, 0) is 22.7 Å². The lowest BCUT2D eigenvalue weighted by atomic mass is 10.1. The number of amides is 1. The topological polar surface area (TPSA) is 50.4 Å². The number of benzene rings is 2. The van der Waals surface area contributed by atoms with E-state index in [9.17, 15) is 4.79 Å². The Morgan fingerprint density at radius 1 is 1.00 bits per heavy atom. The molecule has 0 aliphatic heterocycles. The lowest BCUT2D eigenvalue weighted by Crippen LogP contribution is -2.29. The minimum Gasteiger partial charge on any atom is -0.377 e. The lowest BCUT2D eigenvalue weighted by molar-refractivity contribution is -0.119. The van der Waals surface area contributed by atoms with E-state index in [2.05, 4.69) is 10.6 Å². The van der Waals surface area contributed by atoms with E-state index >= 15 is 0 Å². The summed E-state index contributed by atoms with van der Waals surface area (Å²) >= 11 is 0. The molecule has 0 saturated heterocycles. The molecule has 124 valence electrons. The number of nitrogens with one attached hydrogen (secondary N) is 2. The monoisotopic (exact) mass is 334 g/mol. The Hall–Kier alpha value is -2.04. The van der Waals surface area contributed by atoms with E-state index in [1.54, 1.807) is 0 Å². The van der Waals surface area contributed by atoms with Gasteiger partial charge in [0.2, 0.25) is 5.91 Å². The van der Waals surface area contributed by atoms with Crippen molar-refractivity contribution in [3.8, 4) is 0 Å². The molecule has 0 radical (unpaired) electrons. The van der Waals surface area contributed by atoms with Crippen molar-refractivity contribution in [1.82, 2.24) is 5.32 Å². The van der Waals surface area contributed by atoms with Crippen LogP contribution >= 0.6 is 12.4 Å².